The van der Waals surface area contributed by atoms with E-state index in [0.29, 0.717) is 6.07 Å². The van der Waals surface area contributed by atoms with E-state index in [1.54, 1.807) is 0 Å². The van der Waals surface area contributed by atoms with Gasteiger partial charge in [-0.05, 0) is 16.0 Å². The SMILES string of the molecule is N#Cc1cc(S(=O)(=O)Cl)c([N+](=O)[O-])nc1C(F)F. The van der Waals surface area contributed by atoms with Gasteiger partial charge in [0.1, 0.15) is 11.6 Å². The van der Waals surface area contributed by atoms with Gasteiger partial charge in [-0.25, -0.2) is 17.2 Å². The van der Waals surface area contributed by atoms with Gasteiger partial charge < -0.3 is 10.1 Å². The Morgan fingerprint density at radius 3 is 2.44 bits per heavy atom. The van der Waals surface area contributed by atoms with E-state index in [4.69, 9.17) is 15.9 Å². The lowest BCUT2D eigenvalue weighted by Crippen LogP contribution is -2.06. The van der Waals surface area contributed by atoms with Crippen LogP contribution >= 0.6 is 10.7 Å². The predicted octanol–water partition coefficient (Wildman–Crippen LogP) is 1.73. The Balaban J connectivity index is 3.76. The number of pyridine rings is 1. The van der Waals surface area contributed by atoms with E-state index < -0.39 is 42.4 Å². The molecule has 0 saturated heterocycles. The summed E-state index contributed by atoms with van der Waals surface area (Å²) in [5.74, 6) is -1.35. The molecule has 96 valence electrons. The number of halogens is 3. The van der Waals surface area contributed by atoms with E-state index in [1.165, 1.54) is 6.07 Å². The van der Waals surface area contributed by atoms with Gasteiger partial charge in [-0.2, -0.15) is 5.26 Å². The van der Waals surface area contributed by atoms with Gasteiger partial charge in [0.15, 0.2) is 4.90 Å². The van der Waals surface area contributed by atoms with E-state index in [2.05, 4.69) is 4.98 Å². The molecular formula is C7H2ClF2N3O4S. The van der Waals surface area contributed by atoms with E-state index >= 15 is 0 Å². The average Bonchev–Trinajstić information content (AvgIpc) is 2.25. The second-order valence-corrected chi connectivity index (χ2v) is 5.38. The highest BCUT2D eigenvalue weighted by atomic mass is 35.7. The van der Waals surface area contributed by atoms with Crippen molar-refractivity contribution in [1.82, 2.24) is 4.98 Å². The summed E-state index contributed by atoms with van der Waals surface area (Å²) < 4.78 is 47.0. The standard InChI is InChI=1S/C7H2ClF2N3O4S/c8-18(16,17)4-1-3(2-11)5(6(9)10)12-7(4)13(14)15/h1,6H. The molecule has 18 heavy (non-hydrogen) atoms. The molecule has 0 bridgehead atoms. The molecule has 0 aromatic carbocycles. The second kappa shape index (κ2) is 4.79. The first-order valence-electron chi connectivity index (χ1n) is 4.00. The number of nitriles is 1. The number of nitrogens with zero attached hydrogens (tertiary/aromatic N) is 3. The highest BCUT2D eigenvalue weighted by molar-refractivity contribution is 8.13. The Labute approximate surface area is 103 Å². The Bertz CT molecular complexity index is 655. The third-order valence-corrected chi connectivity index (χ3v) is 3.09. The number of nitro groups is 1. The fraction of sp³-hybridized carbons (Fsp3) is 0.143. The Morgan fingerprint density at radius 2 is 2.11 bits per heavy atom. The minimum Gasteiger partial charge on any atom is -0.358 e. The van der Waals surface area contributed by atoms with Crippen LogP contribution in [0.1, 0.15) is 17.7 Å². The van der Waals surface area contributed by atoms with Gasteiger partial charge in [0.05, 0.1) is 0 Å². The van der Waals surface area contributed by atoms with Gasteiger partial charge >= 0.3 is 12.2 Å². The zero-order chi connectivity index (χ0) is 14.1. The Hall–Kier alpha value is -1.86. The molecule has 7 nitrogen and oxygen atoms in total. The minimum absolute atomic E-state index is 0.398. The summed E-state index contributed by atoms with van der Waals surface area (Å²) in [5, 5.41) is 19.1. The number of aromatic nitrogens is 1. The van der Waals surface area contributed by atoms with Gasteiger partial charge in [0.2, 0.25) is 5.69 Å². The summed E-state index contributed by atoms with van der Waals surface area (Å²) >= 11 is 0. The van der Waals surface area contributed by atoms with Crippen molar-refractivity contribution in [3.63, 3.8) is 0 Å². The van der Waals surface area contributed by atoms with Crippen LogP contribution in [0.5, 0.6) is 0 Å². The fourth-order valence-electron chi connectivity index (χ4n) is 1.07. The maximum Gasteiger partial charge on any atom is 0.384 e. The lowest BCUT2D eigenvalue weighted by Gasteiger charge is -2.02. The first kappa shape index (κ1) is 14.2. The molecule has 0 fully saturated rings. The van der Waals surface area contributed by atoms with Crippen LogP contribution in [0.15, 0.2) is 11.0 Å². The monoisotopic (exact) mass is 297 g/mol. The van der Waals surface area contributed by atoms with Crippen LogP contribution in [0.2, 0.25) is 0 Å². The van der Waals surface area contributed by atoms with Crippen LogP contribution in [-0.4, -0.2) is 18.3 Å². The maximum absolute atomic E-state index is 12.5. The molecule has 11 heteroatoms. The molecule has 0 spiro atoms. The fourth-order valence-corrected chi connectivity index (χ4v) is 2.00. The summed E-state index contributed by atoms with van der Waals surface area (Å²) in [4.78, 5) is 11.0. The number of hydrogen-bond donors (Lipinski definition) is 0. The largest absolute Gasteiger partial charge is 0.384 e. The zero-order valence-electron chi connectivity index (χ0n) is 8.17. The van der Waals surface area contributed by atoms with Gasteiger partial charge in [0.25, 0.3) is 9.05 Å². The highest BCUT2D eigenvalue weighted by Gasteiger charge is 2.32. The van der Waals surface area contributed by atoms with Crippen molar-refractivity contribution < 1.29 is 22.1 Å². The summed E-state index contributed by atoms with van der Waals surface area (Å²) in [6.07, 6.45) is -3.26. The summed E-state index contributed by atoms with van der Waals surface area (Å²) in [7, 11) is 0.318. The molecule has 0 aliphatic carbocycles. The molecule has 0 aliphatic heterocycles. The molecule has 1 heterocycles. The van der Waals surface area contributed by atoms with Crippen molar-refractivity contribution in [3.05, 3.63) is 27.4 Å². The predicted molar refractivity (Wildman–Crippen MR) is 53.6 cm³/mol. The van der Waals surface area contributed by atoms with Crippen molar-refractivity contribution >= 4 is 25.6 Å². The zero-order valence-corrected chi connectivity index (χ0v) is 9.74. The van der Waals surface area contributed by atoms with Gasteiger partial charge in [-0.15, -0.1) is 0 Å². The normalized spacial score (nSPS) is 11.3. The summed E-state index contributed by atoms with van der Waals surface area (Å²) in [5.41, 5.74) is -1.97. The van der Waals surface area contributed by atoms with Crippen LogP contribution in [0.4, 0.5) is 14.6 Å². The van der Waals surface area contributed by atoms with E-state index in [0.717, 1.165) is 0 Å². The molecule has 1 aromatic heterocycles. The average molecular weight is 298 g/mol. The smallest absolute Gasteiger partial charge is 0.358 e. The highest BCUT2D eigenvalue weighted by Crippen LogP contribution is 2.30. The van der Waals surface area contributed by atoms with E-state index in [-0.39, 0.29) is 0 Å². The second-order valence-electron chi connectivity index (χ2n) is 2.85. The minimum atomic E-state index is -4.58. The quantitative estimate of drug-likeness (QED) is 0.477. The third-order valence-electron chi connectivity index (χ3n) is 1.76. The number of rotatable bonds is 3. The Kier molecular flexibility index (Phi) is 3.78. The lowest BCUT2D eigenvalue weighted by atomic mass is 10.2. The molecule has 0 N–H and O–H groups in total. The van der Waals surface area contributed by atoms with Crippen LogP contribution in [0.25, 0.3) is 0 Å². The first-order chi connectivity index (χ1) is 8.18. The lowest BCUT2D eigenvalue weighted by molar-refractivity contribution is -0.392. The van der Waals surface area contributed by atoms with E-state index in [1.807, 2.05) is 0 Å². The molecule has 0 radical (unpaired) electrons. The maximum atomic E-state index is 12.5. The van der Waals surface area contributed by atoms with Crippen molar-refractivity contribution in [1.29, 1.82) is 5.26 Å². The summed E-state index contributed by atoms with van der Waals surface area (Å²) in [6.45, 7) is 0. The van der Waals surface area contributed by atoms with Crippen LogP contribution in [0.3, 0.4) is 0 Å². The van der Waals surface area contributed by atoms with Crippen molar-refractivity contribution in [3.8, 4) is 6.07 Å². The van der Waals surface area contributed by atoms with Gasteiger partial charge in [-0.3, -0.25) is 0 Å². The number of alkyl halides is 2. The molecule has 1 rings (SSSR count). The molecule has 0 amide bonds. The van der Waals surface area contributed by atoms with Gasteiger partial charge in [0, 0.05) is 10.7 Å². The van der Waals surface area contributed by atoms with Crippen molar-refractivity contribution in [2.24, 2.45) is 0 Å². The van der Waals surface area contributed by atoms with Crippen molar-refractivity contribution in [2.75, 3.05) is 0 Å². The van der Waals surface area contributed by atoms with E-state index in [9.17, 15) is 27.3 Å². The molecule has 0 unspecified atom stereocenters. The molecule has 0 aliphatic rings. The third kappa shape index (κ3) is 2.69. The van der Waals surface area contributed by atoms with Crippen LogP contribution in [0, 0.1) is 21.4 Å². The van der Waals surface area contributed by atoms with Crippen molar-refractivity contribution in [2.45, 2.75) is 11.3 Å². The molecular weight excluding hydrogens is 296 g/mol. The molecule has 1 aromatic rings. The molecule has 0 atom stereocenters. The van der Waals surface area contributed by atoms with Crippen LogP contribution < -0.4 is 0 Å². The topological polar surface area (TPSA) is 114 Å². The molecule has 0 saturated carbocycles. The summed E-state index contributed by atoms with van der Waals surface area (Å²) in [6, 6.07) is 1.67. The first-order valence-corrected chi connectivity index (χ1v) is 6.31. The Morgan fingerprint density at radius 1 is 1.56 bits per heavy atom. The number of hydrogen-bond acceptors (Lipinski definition) is 6. The van der Waals surface area contributed by atoms with Gasteiger partial charge in [-0.1, -0.05) is 0 Å². The van der Waals surface area contributed by atoms with Crippen LogP contribution in [-0.2, 0) is 9.05 Å².